The number of aromatic nitrogens is 2. The normalized spacial score (nSPS) is 10.7. The monoisotopic (exact) mass is 368 g/mol. The van der Waals surface area contributed by atoms with Gasteiger partial charge in [0.1, 0.15) is 0 Å². The predicted molar refractivity (Wildman–Crippen MR) is 101 cm³/mol. The Balaban J connectivity index is 1.97. The van der Waals surface area contributed by atoms with E-state index in [0.717, 1.165) is 4.68 Å². The first-order valence-electron chi connectivity index (χ1n) is 7.75. The lowest BCUT2D eigenvalue weighted by atomic mass is 10.1. The number of para-hydroxylation sites is 1. The first-order valence-corrected chi connectivity index (χ1v) is 8.73. The molecule has 3 rings (SSSR count). The van der Waals surface area contributed by atoms with E-state index in [1.165, 1.54) is 18.8 Å². The Morgan fingerprint density at radius 2 is 1.77 bits per heavy atom. The van der Waals surface area contributed by atoms with E-state index in [-0.39, 0.29) is 17.0 Å². The number of anilines is 1. The summed E-state index contributed by atoms with van der Waals surface area (Å²) in [5, 5.41) is 7.82. The third-order valence-corrected chi connectivity index (χ3v) is 4.77. The van der Waals surface area contributed by atoms with Crippen molar-refractivity contribution in [2.75, 3.05) is 11.1 Å². The molecule has 132 valence electrons. The number of carbonyl (C=O) groups is 2. The fourth-order valence-electron chi connectivity index (χ4n) is 2.49. The van der Waals surface area contributed by atoms with E-state index in [2.05, 4.69) is 10.4 Å². The molecule has 0 unspecified atom stereocenters. The molecule has 8 heteroatoms. The van der Waals surface area contributed by atoms with Crippen LogP contribution in [0.5, 0.6) is 0 Å². The standard InChI is InChI=1S/C18H16N4O3S/c1-22-18(25)12-7-3-2-6-11(12)16(21-22)17(24)20-13-8-4-5-9-14(13)26-10-15(19)23/h2-9H,10H2,1H3,(H2,19,23)(H,20,24). The summed E-state index contributed by atoms with van der Waals surface area (Å²) in [6.45, 7) is 0. The maximum Gasteiger partial charge on any atom is 0.276 e. The zero-order chi connectivity index (χ0) is 18.7. The van der Waals surface area contributed by atoms with Crippen molar-refractivity contribution in [1.29, 1.82) is 0 Å². The predicted octanol–water partition coefficient (Wildman–Crippen LogP) is 1.76. The topological polar surface area (TPSA) is 107 Å². The van der Waals surface area contributed by atoms with E-state index in [9.17, 15) is 14.4 Å². The number of benzene rings is 2. The van der Waals surface area contributed by atoms with Gasteiger partial charge in [-0.25, -0.2) is 4.68 Å². The molecule has 2 amide bonds. The van der Waals surface area contributed by atoms with E-state index in [1.54, 1.807) is 48.5 Å². The molecule has 0 bridgehead atoms. The number of amides is 2. The summed E-state index contributed by atoms with van der Waals surface area (Å²) in [4.78, 5) is 36.7. The average molecular weight is 368 g/mol. The summed E-state index contributed by atoms with van der Waals surface area (Å²) >= 11 is 1.24. The summed E-state index contributed by atoms with van der Waals surface area (Å²) in [5.41, 5.74) is 5.61. The quantitative estimate of drug-likeness (QED) is 0.668. The average Bonchev–Trinajstić information content (AvgIpc) is 2.64. The minimum atomic E-state index is -0.443. The molecule has 0 radical (unpaired) electrons. The van der Waals surface area contributed by atoms with Gasteiger partial charge >= 0.3 is 0 Å². The second-order valence-corrected chi connectivity index (χ2v) is 6.55. The first-order chi connectivity index (χ1) is 12.5. The number of thioether (sulfide) groups is 1. The van der Waals surface area contributed by atoms with Crippen molar-refractivity contribution in [2.24, 2.45) is 12.8 Å². The molecule has 2 aromatic carbocycles. The molecular weight excluding hydrogens is 352 g/mol. The van der Waals surface area contributed by atoms with Crippen LogP contribution in [-0.4, -0.2) is 27.3 Å². The lowest BCUT2D eigenvalue weighted by molar-refractivity contribution is -0.115. The molecular formula is C18H16N4O3S. The van der Waals surface area contributed by atoms with Gasteiger partial charge in [-0.2, -0.15) is 5.10 Å². The van der Waals surface area contributed by atoms with Gasteiger partial charge in [0.15, 0.2) is 5.69 Å². The Kier molecular flexibility index (Phi) is 5.04. The van der Waals surface area contributed by atoms with Crippen LogP contribution in [0.3, 0.4) is 0 Å². The fraction of sp³-hybridized carbons (Fsp3) is 0.111. The third kappa shape index (κ3) is 3.60. The maximum atomic E-state index is 12.8. The number of hydrogen-bond acceptors (Lipinski definition) is 5. The van der Waals surface area contributed by atoms with E-state index >= 15 is 0 Å². The van der Waals surface area contributed by atoms with Crippen molar-refractivity contribution >= 4 is 40.0 Å². The van der Waals surface area contributed by atoms with Crippen LogP contribution in [-0.2, 0) is 11.8 Å². The van der Waals surface area contributed by atoms with Gasteiger partial charge in [0.05, 0.1) is 16.8 Å². The molecule has 26 heavy (non-hydrogen) atoms. The Morgan fingerprint density at radius 1 is 1.12 bits per heavy atom. The minimum Gasteiger partial charge on any atom is -0.369 e. The van der Waals surface area contributed by atoms with Crippen molar-refractivity contribution in [3.63, 3.8) is 0 Å². The first kappa shape index (κ1) is 17.7. The molecule has 7 nitrogen and oxygen atoms in total. The molecule has 0 saturated carbocycles. The van der Waals surface area contributed by atoms with Gasteiger partial charge in [0.25, 0.3) is 11.5 Å². The van der Waals surface area contributed by atoms with Gasteiger partial charge in [0.2, 0.25) is 5.91 Å². The number of rotatable bonds is 5. The number of fused-ring (bicyclic) bond motifs is 1. The van der Waals surface area contributed by atoms with Crippen LogP contribution in [0.4, 0.5) is 5.69 Å². The minimum absolute atomic E-state index is 0.105. The Bertz CT molecular complexity index is 1060. The van der Waals surface area contributed by atoms with E-state index in [4.69, 9.17) is 5.73 Å². The maximum absolute atomic E-state index is 12.8. The molecule has 1 aromatic heterocycles. The van der Waals surface area contributed by atoms with E-state index in [1.807, 2.05) is 0 Å². The molecule has 0 aliphatic rings. The smallest absolute Gasteiger partial charge is 0.276 e. The van der Waals surface area contributed by atoms with Crippen molar-refractivity contribution in [1.82, 2.24) is 9.78 Å². The zero-order valence-corrected chi connectivity index (χ0v) is 14.7. The highest BCUT2D eigenvalue weighted by Gasteiger charge is 2.17. The van der Waals surface area contributed by atoms with Gasteiger partial charge in [-0.1, -0.05) is 30.3 Å². The summed E-state index contributed by atoms with van der Waals surface area (Å²) < 4.78 is 1.14. The molecule has 0 aliphatic heterocycles. The number of hydrogen-bond donors (Lipinski definition) is 2. The molecule has 0 spiro atoms. The number of nitrogens with two attached hydrogens (primary N) is 1. The highest BCUT2D eigenvalue weighted by molar-refractivity contribution is 8.00. The second kappa shape index (κ2) is 7.40. The number of nitrogens with one attached hydrogen (secondary N) is 1. The van der Waals surface area contributed by atoms with Gasteiger partial charge < -0.3 is 11.1 Å². The van der Waals surface area contributed by atoms with Gasteiger partial charge in [-0.15, -0.1) is 11.8 Å². The highest BCUT2D eigenvalue weighted by atomic mass is 32.2. The fourth-order valence-corrected chi connectivity index (χ4v) is 3.24. The summed E-state index contributed by atoms with van der Waals surface area (Å²) in [6.07, 6.45) is 0. The molecule has 0 aliphatic carbocycles. The molecule has 0 fully saturated rings. The van der Waals surface area contributed by atoms with Crippen molar-refractivity contribution in [2.45, 2.75) is 4.90 Å². The second-order valence-electron chi connectivity index (χ2n) is 5.53. The van der Waals surface area contributed by atoms with Crippen LogP contribution in [0.15, 0.2) is 58.2 Å². The van der Waals surface area contributed by atoms with Crippen molar-refractivity contribution < 1.29 is 9.59 Å². The van der Waals surface area contributed by atoms with Gasteiger partial charge in [-0.05, 0) is 18.2 Å². The number of primary amides is 1. The molecule has 3 aromatic rings. The summed E-state index contributed by atoms with van der Waals surface area (Å²) in [5.74, 6) is -0.778. The number of aryl methyl sites for hydroxylation is 1. The molecule has 3 N–H and O–H groups in total. The van der Waals surface area contributed by atoms with Crippen LogP contribution >= 0.6 is 11.8 Å². The van der Waals surface area contributed by atoms with E-state index in [0.29, 0.717) is 21.4 Å². The zero-order valence-electron chi connectivity index (χ0n) is 13.9. The van der Waals surface area contributed by atoms with Crippen molar-refractivity contribution in [3.8, 4) is 0 Å². The Labute approximate surface area is 153 Å². The molecule has 0 atom stereocenters. The summed E-state index contributed by atoms with van der Waals surface area (Å²) in [7, 11) is 1.50. The molecule has 0 saturated heterocycles. The van der Waals surface area contributed by atoms with E-state index < -0.39 is 11.8 Å². The Hall–Kier alpha value is -3.13. The number of carbonyl (C=O) groups excluding carboxylic acids is 2. The van der Waals surface area contributed by atoms with Crippen LogP contribution in [0, 0.1) is 0 Å². The van der Waals surface area contributed by atoms with Crippen LogP contribution in [0.1, 0.15) is 10.5 Å². The number of nitrogens with zero attached hydrogens (tertiary/aromatic N) is 2. The lowest BCUT2D eigenvalue weighted by Crippen LogP contribution is -2.25. The van der Waals surface area contributed by atoms with Crippen molar-refractivity contribution in [3.05, 3.63) is 64.6 Å². The van der Waals surface area contributed by atoms with Gasteiger partial charge in [-0.3, -0.25) is 14.4 Å². The highest BCUT2D eigenvalue weighted by Crippen LogP contribution is 2.27. The van der Waals surface area contributed by atoms with Crippen LogP contribution < -0.4 is 16.6 Å². The van der Waals surface area contributed by atoms with Crippen LogP contribution in [0.25, 0.3) is 10.8 Å². The largest absolute Gasteiger partial charge is 0.369 e. The third-order valence-electron chi connectivity index (χ3n) is 3.68. The SMILES string of the molecule is Cn1nc(C(=O)Nc2ccccc2SCC(N)=O)c2ccccc2c1=O. The lowest BCUT2D eigenvalue weighted by Gasteiger charge is -2.11. The van der Waals surface area contributed by atoms with Crippen LogP contribution in [0.2, 0.25) is 0 Å². The Morgan fingerprint density at radius 3 is 2.50 bits per heavy atom. The van der Waals surface area contributed by atoms with Gasteiger partial charge in [0, 0.05) is 17.3 Å². The summed E-state index contributed by atoms with van der Waals surface area (Å²) in [6, 6.07) is 13.9. The molecule has 1 heterocycles.